The van der Waals surface area contributed by atoms with E-state index in [0.717, 1.165) is 16.1 Å². The van der Waals surface area contributed by atoms with Gasteiger partial charge in [0.2, 0.25) is 5.91 Å². The molecule has 0 aliphatic rings. The SMILES string of the molecule is O=C(C=Cc1ccc(-n2ccnc2)nc1)Nc1ccc(-c2nc3ccc([N+](=O)[O-])cc3n2O)cc1. The van der Waals surface area contributed by atoms with Crippen molar-refractivity contribution in [3.63, 3.8) is 0 Å². The van der Waals surface area contributed by atoms with Gasteiger partial charge in [-0.15, -0.1) is 0 Å². The molecule has 0 saturated heterocycles. The van der Waals surface area contributed by atoms with E-state index < -0.39 is 4.92 Å². The van der Waals surface area contributed by atoms with Crippen LogP contribution in [0.3, 0.4) is 0 Å². The van der Waals surface area contributed by atoms with E-state index in [4.69, 9.17) is 0 Å². The fraction of sp³-hybridized carbons (Fsp3) is 0. The van der Waals surface area contributed by atoms with E-state index >= 15 is 0 Å². The largest absolute Gasteiger partial charge is 0.426 e. The summed E-state index contributed by atoms with van der Waals surface area (Å²) in [5.41, 5.74) is 2.39. The summed E-state index contributed by atoms with van der Waals surface area (Å²) in [4.78, 5) is 35.4. The van der Waals surface area contributed by atoms with Crippen LogP contribution in [0.2, 0.25) is 0 Å². The van der Waals surface area contributed by atoms with Gasteiger partial charge in [-0.25, -0.2) is 15.0 Å². The second-order valence-electron chi connectivity index (χ2n) is 7.50. The maximum absolute atomic E-state index is 12.3. The molecular weight excluding hydrogens is 450 g/mol. The highest BCUT2D eigenvalue weighted by atomic mass is 16.6. The number of hydrogen-bond acceptors (Lipinski definition) is 7. The molecule has 11 heteroatoms. The molecule has 0 fully saturated rings. The lowest BCUT2D eigenvalue weighted by Gasteiger charge is -2.05. The van der Waals surface area contributed by atoms with Crippen LogP contribution < -0.4 is 5.32 Å². The van der Waals surface area contributed by atoms with Gasteiger partial charge >= 0.3 is 0 Å². The van der Waals surface area contributed by atoms with E-state index in [1.807, 2.05) is 12.1 Å². The minimum atomic E-state index is -0.537. The number of non-ortho nitro benzene ring substituents is 1. The Morgan fingerprint density at radius 3 is 2.63 bits per heavy atom. The predicted molar refractivity (Wildman–Crippen MR) is 128 cm³/mol. The van der Waals surface area contributed by atoms with E-state index in [2.05, 4.69) is 20.3 Å². The second kappa shape index (κ2) is 8.90. The second-order valence-corrected chi connectivity index (χ2v) is 7.50. The molecule has 2 N–H and O–H groups in total. The van der Waals surface area contributed by atoms with Gasteiger partial charge in [0, 0.05) is 48.1 Å². The Morgan fingerprint density at radius 2 is 1.94 bits per heavy atom. The Bertz CT molecular complexity index is 1550. The number of nitrogens with one attached hydrogen (secondary N) is 1. The fourth-order valence-electron chi connectivity index (χ4n) is 3.45. The number of benzene rings is 2. The number of nitrogens with zero attached hydrogens (tertiary/aromatic N) is 6. The number of imidazole rings is 2. The first-order valence-corrected chi connectivity index (χ1v) is 10.4. The first-order chi connectivity index (χ1) is 17.0. The third-order valence-corrected chi connectivity index (χ3v) is 5.20. The summed E-state index contributed by atoms with van der Waals surface area (Å²) < 4.78 is 2.59. The summed E-state index contributed by atoms with van der Waals surface area (Å²) in [6.45, 7) is 0. The Labute approximate surface area is 197 Å². The number of fused-ring (bicyclic) bond motifs is 1. The van der Waals surface area contributed by atoms with Crippen molar-refractivity contribution < 1.29 is 14.9 Å². The molecule has 0 bridgehead atoms. The molecule has 35 heavy (non-hydrogen) atoms. The van der Waals surface area contributed by atoms with Gasteiger partial charge < -0.3 is 10.5 Å². The number of rotatable bonds is 6. The molecule has 11 nitrogen and oxygen atoms in total. The maximum Gasteiger partial charge on any atom is 0.271 e. The third-order valence-electron chi connectivity index (χ3n) is 5.20. The van der Waals surface area contributed by atoms with Crippen LogP contribution in [0, 0.1) is 10.1 Å². The Kier molecular flexibility index (Phi) is 5.47. The summed E-state index contributed by atoms with van der Waals surface area (Å²) in [6.07, 6.45) is 9.82. The molecule has 5 aromatic rings. The lowest BCUT2D eigenvalue weighted by Crippen LogP contribution is -2.07. The summed E-state index contributed by atoms with van der Waals surface area (Å²) in [5.74, 6) is 0.627. The van der Waals surface area contributed by atoms with Gasteiger partial charge in [-0.2, -0.15) is 4.73 Å². The molecule has 172 valence electrons. The smallest absolute Gasteiger partial charge is 0.271 e. The van der Waals surface area contributed by atoms with Crippen molar-refractivity contribution >= 4 is 34.4 Å². The van der Waals surface area contributed by atoms with E-state index in [0.29, 0.717) is 16.8 Å². The number of aromatic nitrogens is 5. The average Bonchev–Trinajstić information content (AvgIpc) is 3.52. The van der Waals surface area contributed by atoms with Crippen LogP contribution in [-0.4, -0.2) is 40.3 Å². The minimum Gasteiger partial charge on any atom is -0.426 e. The maximum atomic E-state index is 12.3. The number of nitro groups is 1. The molecule has 5 rings (SSSR count). The third kappa shape index (κ3) is 4.46. The molecular formula is C24H17N7O4. The quantitative estimate of drug-likeness (QED) is 0.166. The monoisotopic (exact) mass is 467 g/mol. The van der Waals surface area contributed by atoms with Crippen LogP contribution in [0.4, 0.5) is 11.4 Å². The lowest BCUT2D eigenvalue weighted by atomic mass is 10.2. The van der Waals surface area contributed by atoms with Gasteiger partial charge in [0.05, 0.1) is 10.4 Å². The molecule has 3 aromatic heterocycles. The number of nitro benzene ring substituents is 1. The molecule has 3 heterocycles. The van der Waals surface area contributed by atoms with Gasteiger partial charge in [0.1, 0.15) is 17.7 Å². The Hall–Kier alpha value is -5.32. The molecule has 1 amide bonds. The summed E-state index contributed by atoms with van der Waals surface area (Å²) in [5, 5.41) is 24.2. The van der Waals surface area contributed by atoms with Crippen molar-refractivity contribution in [2.45, 2.75) is 0 Å². The van der Waals surface area contributed by atoms with Gasteiger partial charge in [0.15, 0.2) is 5.82 Å². The van der Waals surface area contributed by atoms with E-state index in [-0.39, 0.29) is 22.9 Å². The van der Waals surface area contributed by atoms with Gasteiger partial charge in [-0.3, -0.25) is 19.5 Å². The van der Waals surface area contributed by atoms with Crippen molar-refractivity contribution in [2.24, 2.45) is 0 Å². The van der Waals surface area contributed by atoms with Crippen molar-refractivity contribution in [3.8, 4) is 17.2 Å². The predicted octanol–water partition coefficient (Wildman–Crippen LogP) is 4.08. The normalized spacial score (nSPS) is 11.2. The van der Waals surface area contributed by atoms with E-state index in [1.54, 1.807) is 59.8 Å². The highest BCUT2D eigenvalue weighted by Crippen LogP contribution is 2.27. The summed E-state index contributed by atoms with van der Waals surface area (Å²) >= 11 is 0. The van der Waals surface area contributed by atoms with Crippen LogP contribution >= 0.6 is 0 Å². The highest BCUT2D eigenvalue weighted by molar-refractivity contribution is 6.02. The number of amides is 1. The molecule has 0 aliphatic heterocycles. The molecule has 0 radical (unpaired) electrons. The zero-order valence-electron chi connectivity index (χ0n) is 18.0. The first kappa shape index (κ1) is 21.5. The van der Waals surface area contributed by atoms with E-state index in [9.17, 15) is 20.1 Å². The van der Waals surface area contributed by atoms with Crippen molar-refractivity contribution in [1.29, 1.82) is 0 Å². The summed E-state index contributed by atoms with van der Waals surface area (Å²) in [6, 6.07) is 14.4. The van der Waals surface area contributed by atoms with Crippen LogP contribution in [0.5, 0.6) is 0 Å². The molecule has 2 aromatic carbocycles. The molecule has 0 unspecified atom stereocenters. The lowest BCUT2D eigenvalue weighted by molar-refractivity contribution is -0.384. The molecule has 0 aliphatic carbocycles. The molecule has 0 saturated carbocycles. The zero-order valence-corrected chi connectivity index (χ0v) is 18.0. The van der Waals surface area contributed by atoms with Crippen LogP contribution in [0.15, 0.2) is 85.6 Å². The highest BCUT2D eigenvalue weighted by Gasteiger charge is 2.15. The number of carbonyl (C=O) groups excluding carboxylic acids is 1. The molecule has 0 spiro atoms. The first-order valence-electron chi connectivity index (χ1n) is 10.4. The number of hydrogen-bond donors (Lipinski definition) is 2. The number of pyridine rings is 1. The molecule has 0 atom stereocenters. The number of anilines is 1. The van der Waals surface area contributed by atoms with Crippen molar-refractivity contribution in [1.82, 2.24) is 24.2 Å². The Morgan fingerprint density at radius 1 is 1.11 bits per heavy atom. The van der Waals surface area contributed by atoms with Gasteiger partial charge in [0.25, 0.3) is 5.69 Å². The number of carbonyl (C=O) groups is 1. The van der Waals surface area contributed by atoms with Gasteiger partial charge in [-0.05, 0) is 54.1 Å². The van der Waals surface area contributed by atoms with Crippen molar-refractivity contribution in [2.75, 3.05) is 5.32 Å². The van der Waals surface area contributed by atoms with E-state index in [1.165, 1.54) is 24.3 Å². The fourth-order valence-corrected chi connectivity index (χ4v) is 3.45. The average molecular weight is 467 g/mol. The van der Waals surface area contributed by atoms with Crippen LogP contribution in [0.1, 0.15) is 5.56 Å². The minimum absolute atomic E-state index is 0.143. The topological polar surface area (TPSA) is 141 Å². The van der Waals surface area contributed by atoms with Gasteiger partial charge in [-0.1, -0.05) is 0 Å². The summed E-state index contributed by atoms with van der Waals surface area (Å²) in [7, 11) is 0. The van der Waals surface area contributed by atoms with Crippen LogP contribution in [-0.2, 0) is 4.79 Å². The zero-order chi connectivity index (χ0) is 24.4. The van der Waals surface area contributed by atoms with Crippen LogP contribution in [0.25, 0.3) is 34.3 Å². The standard InChI is InChI=1S/C24H17N7O4/c32-23(10-2-16-1-9-22(26-14-16)29-12-11-25-15-29)27-18-5-3-17(4-6-18)24-28-20-8-7-19(31(34)35)13-21(20)30(24)33/h1-15,33H,(H,27,32). The van der Waals surface area contributed by atoms with Crippen molar-refractivity contribution in [3.05, 3.63) is 101 Å². The Balaban J connectivity index is 1.26.